The van der Waals surface area contributed by atoms with Gasteiger partial charge in [-0.25, -0.2) is 9.97 Å². The SMILES string of the molecule is Cc1nccc(CNCCCC(C)(C)C(N)=NO)n1. The molecule has 0 saturated heterocycles. The van der Waals surface area contributed by atoms with Crippen molar-refractivity contribution in [1.82, 2.24) is 15.3 Å². The zero-order valence-corrected chi connectivity index (χ0v) is 11.8. The largest absolute Gasteiger partial charge is 0.409 e. The van der Waals surface area contributed by atoms with Crippen LogP contribution in [0.25, 0.3) is 0 Å². The minimum Gasteiger partial charge on any atom is -0.409 e. The predicted molar refractivity (Wildman–Crippen MR) is 74.9 cm³/mol. The average Bonchev–Trinajstić information content (AvgIpc) is 2.37. The summed E-state index contributed by atoms with van der Waals surface area (Å²) in [6, 6.07) is 1.90. The molecule has 0 spiro atoms. The number of nitrogens with one attached hydrogen (secondary N) is 1. The lowest BCUT2D eigenvalue weighted by molar-refractivity contribution is 0.304. The monoisotopic (exact) mass is 265 g/mol. The standard InChI is InChI=1S/C13H23N5O/c1-10-16-8-5-11(17-10)9-15-7-4-6-13(2,3)12(14)18-19/h5,8,15,19H,4,6-7,9H2,1-3H3,(H2,14,18). The molecular weight excluding hydrogens is 242 g/mol. The lowest BCUT2D eigenvalue weighted by atomic mass is 9.86. The van der Waals surface area contributed by atoms with Crippen molar-refractivity contribution >= 4 is 5.84 Å². The molecule has 1 aromatic heterocycles. The van der Waals surface area contributed by atoms with Crippen LogP contribution in [0.1, 0.15) is 38.2 Å². The molecule has 0 saturated carbocycles. The molecule has 1 heterocycles. The van der Waals surface area contributed by atoms with Crippen molar-refractivity contribution in [3.05, 3.63) is 23.8 Å². The topological polar surface area (TPSA) is 96.4 Å². The zero-order valence-electron chi connectivity index (χ0n) is 11.8. The van der Waals surface area contributed by atoms with E-state index in [0.29, 0.717) is 0 Å². The molecule has 0 aliphatic rings. The summed E-state index contributed by atoms with van der Waals surface area (Å²) in [5.41, 5.74) is 6.35. The molecule has 0 bridgehead atoms. The fourth-order valence-corrected chi connectivity index (χ4v) is 1.74. The summed E-state index contributed by atoms with van der Waals surface area (Å²) in [5, 5.41) is 15.1. The van der Waals surface area contributed by atoms with E-state index in [-0.39, 0.29) is 11.3 Å². The Bertz CT molecular complexity index is 431. The number of rotatable bonds is 7. The van der Waals surface area contributed by atoms with Gasteiger partial charge < -0.3 is 16.3 Å². The highest BCUT2D eigenvalue weighted by atomic mass is 16.4. The summed E-state index contributed by atoms with van der Waals surface area (Å²) < 4.78 is 0. The number of hydrogen-bond donors (Lipinski definition) is 3. The molecule has 1 rings (SSSR count). The van der Waals surface area contributed by atoms with Gasteiger partial charge >= 0.3 is 0 Å². The van der Waals surface area contributed by atoms with Crippen LogP contribution in [0.15, 0.2) is 17.4 Å². The summed E-state index contributed by atoms with van der Waals surface area (Å²) in [7, 11) is 0. The van der Waals surface area contributed by atoms with Gasteiger partial charge in [0, 0.05) is 18.2 Å². The molecule has 0 aromatic carbocycles. The Morgan fingerprint density at radius 1 is 1.53 bits per heavy atom. The Labute approximate surface area is 114 Å². The van der Waals surface area contributed by atoms with Crippen LogP contribution in [-0.4, -0.2) is 27.6 Å². The molecule has 4 N–H and O–H groups in total. The molecule has 19 heavy (non-hydrogen) atoms. The van der Waals surface area contributed by atoms with Gasteiger partial charge in [0.05, 0.1) is 5.69 Å². The van der Waals surface area contributed by atoms with Crippen molar-refractivity contribution in [2.75, 3.05) is 6.54 Å². The van der Waals surface area contributed by atoms with Gasteiger partial charge in [-0.2, -0.15) is 0 Å². The first kappa shape index (κ1) is 15.4. The molecule has 6 nitrogen and oxygen atoms in total. The van der Waals surface area contributed by atoms with Crippen molar-refractivity contribution in [3.8, 4) is 0 Å². The van der Waals surface area contributed by atoms with Crippen LogP contribution in [0.5, 0.6) is 0 Å². The number of nitrogens with two attached hydrogens (primary N) is 1. The van der Waals surface area contributed by atoms with E-state index >= 15 is 0 Å². The van der Waals surface area contributed by atoms with E-state index < -0.39 is 0 Å². The second-order valence-electron chi connectivity index (χ2n) is 5.24. The van der Waals surface area contributed by atoms with Crippen LogP contribution in [0.3, 0.4) is 0 Å². The van der Waals surface area contributed by atoms with E-state index in [1.165, 1.54) is 0 Å². The molecule has 0 fully saturated rings. The lowest BCUT2D eigenvalue weighted by Crippen LogP contribution is -2.32. The maximum absolute atomic E-state index is 8.68. The lowest BCUT2D eigenvalue weighted by Gasteiger charge is -2.22. The third-order valence-electron chi connectivity index (χ3n) is 3.10. The van der Waals surface area contributed by atoms with Crippen molar-refractivity contribution in [1.29, 1.82) is 0 Å². The third-order valence-corrected chi connectivity index (χ3v) is 3.10. The van der Waals surface area contributed by atoms with Crippen LogP contribution in [-0.2, 0) is 6.54 Å². The van der Waals surface area contributed by atoms with Gasteiger partial charge in [0.15, 0.2) is 0 Å². The summed E-state index contributed by atoms with van der Waals surface area (Å²) in [4.78, 5) is 8.37. The molecule has 0 aliphatic heterocycles. The quantitative estimate of drug-likeness (QED) is 0.228. The number of oxime groups is 1. The summed E-state index contributed by atoms with van der Waals surface area (Å²) in [6.07, 6.45) is 3.58. The van der Waals surface area contributed by atoms with Crippen molar-refractivity contribution in [2.45, 2.75) is 40.2 Å². The smallest absolute Gasteiger partial charge is 0.144 e. The second-order valence-corrected chi connectivity index (χ2v) is 5.24. The van der Waals surface area contributed by atoms with E-state index in [1.807, 2.05) is 26.8 Å². The number of aryl methyl sites for hydroxylation is 1. The van der Waals surface area contributed by atoms with E-state index in [4.69, 9.17) is 10.9 Å². The summed E-state index contributed by atoms with van der Waals surface area (Å²) in [5.74, 6) is 1.06. The van der Waals surface area contributed by atoms with Gasteiger partial charge in [-0.15, -0.1) is 0 Å². The zero-order chi connectivity index (χ0) is 14.3. The molecule has 1 aromatic rings. The molecule has 0 radical (unpaired) electrons. The van der Waals surface area contributed by atoms with Gasteiger partial charge in [-0.05, 0) is 32.4 Å². The molecule has 6 heteroatoms. The number of hydrogen-bond acceptors (Lipinski definition) is 5. The van der Waals surface area contributed by atoms with Crippen molar-refractivity contribution < 1.29 is 5.21 Å². The van der Waals surface area contributed by atoms with Crippen molar-refractivity contribution in [2.24, 2.45) is 16.3 Å². The highest BCUT2D eigenvalue weighted by Crippen LogP contribution is 2.21. The summed E-state index contributed by atoms with van der Waals surface area (Å²) in [6.45, 7) is 7.41. The summed E-state index contributed by atoms with van der Waals surface area (Å²) >= 11 is 0. The Balaban J connectivity index is 2.25. The highest BCUT2D eigenvalue weighted by molar-refractivity contribution is 5.85. The number of amidine groups is 1. The fourth-order valence-electron chi connectivity index (χ4n) is 1.74. The van der Waals surface area contributed by atoms with Crippen LogP contribution >= 0.6 is 0 Å². The van der Waals surface area contributed by atoms with Gasteiger partial charge in [0.25, 0.3) is 0 Å². The molecule has 0 unspecified atom stereocenters. The van der Waals surface area contributed by atoms with Gasteiger partial charge in [0.1, 0.15) is 11.7 Å². The van der Waals surface area contributed by atoms with Gasteiger partial charge in [0.2, 0.25) is 0 Å². The molecule has 0 amide bonds. The maximum atomic E-state index is 8.68. The van der Waals surface area contributed by atoms with Crippen LogP contribution in [0, 0.1) is 12.3 Å². The highest BCUT2D eigenvalue weighted by Gasteiger charge is 2.22. The van der Waals surface area contributed by atoms with Gasteiger partial charge in [-0.3, -0.25) is 0 Å². The van der Waals surface area contributed by atoms with Crippen LogP contribution in [0.4, 0.5) is 0 Å². The van der Waals surface area contributed by atoms with E-state index in [0.717, 1.165) is 37.4 Å². The maximum Gasteiger partial charge on any atom is 0.144 e. The second kappa shape index (κ2) is 7.04. The molecule has 0 aliphatic carbocycles. The first-order valence-corrected chi connectivity index (χ1v) is 6.43. The van der Waals surface area contributed by atoms with Crippen LogP contribution < -0.4 is 11.1 Å². The molecule has 106 valence electrons. The van der Waals surface area contributed by atoms with Gasteiger partial charge in [-0.1, -0.05) is 19.0 Å². The molecule has 0 atom stereocenters. The fraction of sp³-hybridized carbons (Fsp3) is 0.615. The van der Waals surface area contributed by atoms with Crippen LogP contribution in [0.2, 0.25) is 0 Å². The number of aromatic nitrogens is 2. The Morgan fingerprint density at radius 3 is 2.89 bits per heavy atom. The van der Waals surface area contributed by atoms with E-state index in [9.17, 15) is 0 Å². The third kappa shape index (κ3) is 5.21. The first-order valence-electron chi connectivity index (χ1n) is 6.43. The van der Waals surface area contributed by atoms with E-state index in [1.54, 1.807) is 6.20 Å². The predicted octanol–water partition coefficient (Wildman–Crippen LogP) is 1.43. The Kier molecular flexibility index (Phi) is 5.69. The molecular formula is C13H23N5O. The normalized spacial score (nSPS) is 12.7. The van der Waals surface area contributed by atoms with E-state index in [2.05, 4.69) is 20.4 Å². The number of nitrogens with zero attached hydrogens (tertiary/aromatic N) is 3. The minimum absolute atomic E-state index is 0.276. The average molecular weight is 265 g/mol. The minimum atomic E-state index is -0.276. The Hall–Kier alpha value is -1.69. The first-order chi connectivity index (χ1) is 8.95. The van der Waals surface area contributed by atoms with Crippen molar-refractivity contribution in [3.63, 3.8) is 0 Å². The Morgan fingerprint density at radius 2 is 2.26 bits per heavy atom.